The van der Waals surface area contributed by atoms with E-state index in [1.807, 2.05) is 11.0 Å². The van der Waals surface area contributed by atoms with Gasteiger partial charge < -0.3 is 24.8 Å². The van der Waals surface area contributed by atoms with Gasteiger partial charge in [-0.15, -0.1) is 0 Å². The Bertz CT molecular complexity index is 1810. The molecule has 6 rings (SSSR count). The van der Waals surface area contributed by atoms with Crippen molar-refractivity contribution in [2.75, 3.05) is 31.1 Å². The highest BCUT2D eigenvalue weighted by Crippen LogP contribution is 2.28. The Balaban J connectivity index is 1.28. The first-order chi connectivity index (χ1) is 21.6. The smallest absolute Gasteiger partial charge is 0.410 e. The third-order valence-corrected chi connectivity index (χ3v) is 7.95. The molecule has 2 aromatic heterocycles. The van der Waals surface area contributed by atoms with Crippen LogP contribution in [0.3, 0.4) is 0 Å². The van der Waals surface area contributed by atoms with Crippen molar-refractivity contribution in [1.29, 1.82) is 0 Å². The molecule has 0 spiro atoms. The third kappa shape index (κ3) is 6.02. The van der Waals surface area contributed by atoms with Crippen molar-refractivity contribution < 1.29 is 32.6 Å². The van der Waals surface area contributed by atoms with Crippen molar-refractivity contribution >= 4 is 28.9 Å². The number of piperazine rings is 1. The molecule has 13 nitrogen and oxygen atoms in total. The molecule has 1 amide bonds. The van der Waals surface area contributed by atoms with Crippen LogP contribution in [0.2, 0.25) is 0 Å². The minimum absolute atomic E-state index is 0.00459. The van der Waals surface area contributed by atoms with Gasteiger partial charge in [0.05, 0.1) is 23.5 Å². The van der Waals surface area contributed by atoms with Crippen LogP contribution in [0.4, 0.5) is 19.5 Å². The molecule has 2 fully saturated rings. The average Bonchev–Trinajstić information content (AvgIpc) is 3.52. The van der Waals surface area contributed by atoms with Crippen molar-refractivity contribution in [2.45, 2.75) is 38.8 Å². The van der Waals surface area contributed by atoms with E-state index in [0.29, 0.717) is 59.8 Å². The quantitative estimate of drug-likeness (QED) is 0.276. The molecule has 2 atom stereocenters. The van der Waals surface area contributed by atoms with E-state index in [9.17, 15) is 23.2 Å². The Morgan fingerprint density at radius 3 is 2.62 bits per heavy atom. The van der Waals surface area contributed by atoms with E-state index in [4.69, 9.17) is 19.9 Å². The number of hydrogen-bond acceptors (Lipinski definition) is 10. The first-order valence-corrected chi connectivity index (χ1v) is 14.3. The number of rotatable bonds is 9. The number of benzene rings is 2. The fraction of sp³-hybridized carbons (Fsp3) is 0.367. The normalized spacial score (nSPS) is 17.0. The van der Waals surface area contributed by atoms with Gasteiger partial charge in [-0.1, -0.05) is 12.1 Å². The molecule has 2 aliphatic rings. The molecular weight excluding hydrogens is 592 g/mol. The van der Waals surface area contributed by atoms with E-state index in [2.05, 4.69) is 9.97 Å². The summed E-state index contributed by atoms with van der Waals surface area (Å²) in [5, 5.41) is 0.434. The summed E-state index contributed by atoms with van der Waals surface area (Å²) < 4.78 is 44.7. The number of aromatic nitrogens is 4. The van der Waals surface area contributed by atoms with Gasteiger partial charge in [-0.3, -0.25) is 23.9 Å². The second-order valence-electron chi connectivity index (χ2n) is 11.0. The Hall–Kier alpha value is -5.05. The lowest BCUT2D eigenvalue weighted by Crippen LogP contribution is -2.52. The molecule has 0 bridgehead atoms. The second kappa shape index (κ2) is 12.1. The average molecular weight is 624 g/mol. The van der Waals surface area contributed by atoms with Gasteiger partial charge in [0.1, 0.15) is 25.0 Å². The fourth-order valence-electron chi connectivity index (χ4n) is 5.55. The molecule has 15 heteroatoms. The molecule has 0 aliphatic carbocycles. The highest BCUT2D eigenvalue weighted by atomic mass is 19.3. The summed E-state index contributed by atoms with van der Waals surface area (Å²) in [6, 6.07) is 8.95. The molecule has 0 saturated carbocycles. The summed E-state index contributed by atoms with van der Waals surface area (Å²) in [6.07, 6.45) is 3.09. The number of carbonyl (C=O) groups is 2. The number of esters is 1. The number of hydrogen-bond donors (Lipinski definition) is 1. The van der Waals surface area contributed by atoms with Crippen molar-refractivity contribution in [3.8, 4) is 16.9 Å². The molecule has 2 aliphatic heterocycles. The number of alkyl halides is 2. The summed E-state index contributed by atoms with van der Waals surface area (Å²) in [4.78, 5) is 49.6. The maximum absolute atomic E-state index is 13.3. The van der Waals surface area contributed by atoms with E-state index in [1.165, 1.54) is 23.7 Å². The Kier molecular flexibility index (Phi) is 8.10. The van der Waals surface area contributed by atoms with E-state index in [0.717, 1.165) is 5.56 Å². The topological polar surface area (TPSA) is 147 Å². The lowest BCUT2D eigenvalue weighted by Gasteiger charge is -2.35. The predicted octanol–water partition coefficient (Wildman–Crippen LogP) is 2.48. The Labute approximate surface area is 255 Å². The lowest BCUT2D eigenvalue weighted by atomic mass is 10.1. The molecule has 2 saturated heterocycles. The van der Waals surface area contributed by atoms with E-state index >= 15 is 0 Å². The lowest BCUT2D eigenvalue weighted by molar-refractivity contribution is -0.146. The van der Waals surface area contributed by atoms with Gasteiger partial charge in [0.25, 0.3) is 5.56 Å². The summed E-state index contributed by atoms with van der Waals surface area (Å²) in [5.41, 5.74) is 8.19. The van der Waals surface area contributed by atoms with Crippen LogP contribution in [0.15, 0.2) is 53.6 Å². The summed E-state index contributed by atoms with van der Waals surface area (Å²) >= 11 is 0. The van der Waals surface area contributed by atoms with Crippen LogP contribution < -0.4 is 20.9 Å². The Morgan fingerprint density at radius 2 is 1.89 bits per heavy atom. The van der Waals surface area contributed by atoms with Crippen molar-refractivity contribution in [2.24, 2.45) is 12.8 Å². The van der Waals surface area contributed by atoms with Gasteiger partial charge in [0.2, 0.25) is 5.95 Å². The van der Waals surface area contributed by atoms with Gasteiger partial charge in [-0.2, -0.15) is 8.78 Å². The van der Waals surface area contributed by atoms with Crippen LogP contribution in [0.25, 0.3) is 22.0 Å². The SMILES string of the molecule is CC(N)C(=O)OCc1ccc(OC(F)F)c(Cn2c3cc(-c4cnc(N5CCN6C(=O)OC[C@@H]6C5)nc4)ccc3c(=O)n2C)c1. The first kappa shape index (κ1) is 30.0. The van der Waals surface area contributed by atoms with Crippen LogP contribution in [0, 0.1) is 0 Å². The fourth-order valence-corrected chi connectivity index (χ4v) is 5.55. The predicted molar refractivity (Wildman–Crippen MR) is 158 cm³/mol. The first-order valence-electron chi connectivity index (χ1n) is 14.3. The maximum Gasteiger partial charge on any atom is 0.410 e. The molecule has 2 N–H and O–H groups in total. The molecule has 4 heterocycles. The van der Waals surface area contributed by atoms with Crippen LogP contribution in [-0.4, -0.2) is 81.2 Å². The number of ether oxygens (including phenoxy) is 3. The molecular formula is C30H31F2N7O6. The molecule has 236 valence electrons. The third-order valence-electron chi connectivity index (χ3n) is 7.95. The van der Waals surface area contributed by atoms with E-state index in [1.54, 1.807) is 47.2 Å². The van der Waals surface area contributed by atoms with Crippen LogP contribution in [-0.2, 0) is 34.5 Å². The molecule has 2 aromatic carbocycles. The van der Waals surface area contributed by atoms with Gasteiger partial charge in [-0.05, 0) is 42.3 Å². The van der Waals surface area contributed by atoms with E-state index in [-0.39, 0.29) is 36.6 Å². The minimum atomic E-state index is -3.07. The Morgan fingerprint density at radius 1 is 1.11 bits per heavy atom. The van der Waals surface area contributed by atoms with Crippen molar-refractivity contribution in [3.05, 3.63) is 70.3 Å². The van der Waals surface area contributed by atoms with Gasteiger partial charge in [-0.25, -0.2) is 14.8 Å². The monoisotopic (exact) mass is 623 g/mol. The standard InChI is InChI=1S/C30H31F2N7O6/c1-17(33)27(41)43-15-18-3-6-25(45-28(31)32)20(9-18)13-39-24-10-19(4-5-23(24)26(40)36(39)2)21-11-34-29(35-12-21)37-7-8-38-22(14-37)16-44-30(38)42/h3-6,9-12,17,22,28H,7-8,13-16,33H2,1-2H3/t17?,22-/m0/s1. The van der Waals surface area contributed by atoms with Gasteiger partial charge in [0.15, 0.2) is 0 Å². The number of halogens is 2. The molecule has 4 aromatic rings. The van der Waals surface area contributed by atoms with Gasteiger partial charge in [0, 0.05) is 50.2 Å². The highest BCUT2D eigenvalue weighted by molar-refractivity contribution is 5.84. The number of nitrogens with two attached hydrogens (primary N) is 1. The number of fused-ring (bicyclic) bond motifs is 2. The zero-order valence-corrected chi connectivity index (χ0v) is 24.6. The zero-order chi connectivity index (χ0) is 31.8. The number of cyclic esters (lactones) is 1. The molecule has 45 heavy (non-hydrogen) atoms. The molecule has 1 unspecified atom stereocenters. The second-order valence-corrected chi connectivity index (χ2v) is 11.0. The summed E-state index contributed by atoms with van der Waals surface area (Å²) in [7, 11) is 1.59. The van der Waals surface area contributed by atoms with Gasteiger partial charge >= 0.3 is 18.7 Å². The van der Waals surface area contributed by atoms with E-state index < -0.39 is 18.6 Å². The maximum atomic E-state index is 13.3. The van der Waals surface area contributed by atoms with Crippen LogP contribution in [0.1, 0.15) is 18.1 Å². The number of carbonyl (C=O) groups excluding carboxylic acids is 2. The van der Waals surface area contributed by atoms with Crippen LogP contribution >= 0.6 is 0 Å². The molecule has 0 radical (unpaired) electrons. The number of nitrogens with zero attached hydrogens (tertiary/aromatic N) is 6. The van der Waals surface area contributed by atoms with Crippen LogP contribution in [0.5, 0.6) is 5.75 Å². The largest absolute Gasteiger partial charge is 0.460 e. The summed E-state index contributed by atoms with van der Waals surface area (Å²) in [6.45, 7) is 0.344. The van der Waals surface area contributed by atoms with Crippen molar-refractivity contribution in [3.63, 3.8) is 0 Å². The van der Waals surface area contributed by atoms with Crippen molar-refractivity contribution in [1.82, 2.24) is 24.2 Å². The highest BCUT2D eigenvalue weighted by Gasteiger charge is 2.38. The number of anilines is 1. The minimum Gasteiger partial charge on any atom is -0.460 e. The number of amides is 1. The zero-order valence-electron chi connectivity index (χ0n) is 24.6. The summed E-state index contributed by atoms with van der Waals surface area (Å²) in [5.74, 6) is -0.139.